The van der Waals surface area contributed by atoms with Crippen molar-refractivity contribution in [3.05, 3.63) is 71.1 Å². The highest BCUT2D eigenvalue weighted by Crippen LogP contribution is 2.67. The highest BCUT2D eigenvalue weighted by atomic mass is 35.5. The number of rotatable bonds is 6. The molecule has 2 aromatic carbocycles. The van der Waals surface area contributed by atoms with E-state index in [0.29, 0.717) is 36.5 Å². The van der Waals surface area contributed by atoms with Crippen LogP contribution >= 0.6 is 36.6 Å². The molecule has 2 aliphatic heterocycles. The molecular formula is C44H55Cl2F3N4O3S. The SMILES string of the molecule is C#CC1(O)CCC2C3CCC4=Cc5oncc5CC4(C)C3CCC21C.Cl.Cl.OCCN1CCN(CCCN2c3ccccc3Sc3ccc(C(F)(F)F)cc32)CC1. The first-order chi connectivity index (χ1) is 26.4. The second-order valence-electron chi connectivity index (χ2n) is 17.1. The molecule has 6 unspecified atom stereocenters. The summed E-state index contributed by atoms with van der Waals surface area (Å²) in [5.41, 5.74) is 3.00. The van der Waals surface area contributed by atoms with Crippen molar-refractivity contribution < 1.29 is 27.9 Å². The Kier molecular flexibility index (Phi) is 13.2. The first-order valence-electron chi connectivity index (χ1n) is 20.0. The Morgan fingerprint density at radius 3 is 2.35 bits per heavy atom. The van der Waals surface area contributed by atoms with E-state index in [2.05, 4.69) is 40.8 Å². The molecule has 7 nitrogen and oxygen atoms in total. The molecule has 3 aromatic rings. The number of β-amino-alcohol motifs (C(OH)–C–C–N with tert-alkyl or cyclic N) is 1. The summed E-state index contributed by atoms with van der Waals surface area (Å²) in [6, 6.07) is 11.9. The number of hydrogen-bond donors (Lipinski definition) is 2. The Hall–Kier alpha value is -2.69. The van der Waals surface area contributed by atoms with Gasteiger partial charge in [0.25, 0.3) is 0 Å². The molecule has 2 N–H and O–H groups in total. The van der Waals surface area contributed by atoms with Gasteiger partial charge in [0.05, 0.1) is 29.7 Å². The van der Waals surface area contributed by atoms with Crippen molar-refractivity contribution in [2.24, 2.45) is 28.6 Å². The quantitative estimate of drug-likeness (QED) is 0.238. The van der Waals surface area contributed by atoms with E-state index in [1.165, 1.54) is 35.9 Å². The lowest BCUT2D eigenvalue weighted by Gasteiger charge is -2.58. The van der Waals surface area contributed by atoms with Gasteiger partial charge in [-0.15, -0.1) is 31.2 Å². The molecule has 6 atom stereocenters. The third-order valence-corrected chi connectivity index (χ3v) is 15.5. The van der Waals surface area contributed by atoms with Gasteiger partial charge in [0.15, 0.2) is 5.76 Å². The number of allylic oxidation sites excluding steroid dienone is 1. The monoisotopic (exact) mass is 846 g/mol. The van der Waals surface area contributed by atoms with Crippen LogP contribution in [-0.4, -0.2) is 83.2 Å². The molecule has 310 valence electrons. The zero-order valence-corrected chi connectivity index (χ0v) is 35.2. The molecular weight excluding hydrogens is 792 g/mol. The van der Waals surface area contributed by atoms with Gasteiger partial charge in [-0.3, -0.25) is 4.90 Å². The molecule has 0 amide bonds. The number of nitrogens with zero attached hydrogens (tertiary/aromatic N) is 4. The summed E-state index contributed by atoms with van der Waals surface area (Å²) in [6.07, 6.45) is 13.9. The number of alkyl halides is 3. The van der Waals surface area contributed by atoms with Gasteiger partial charge in [0.2, 0.25) is 0 Å². The van der Waals surface area contributed by atoms with Gasteiger partial charge in [-0.1, -0.05) is 54.4 Å². The lowest BCUT2D eigenvalue weighted by Crippen LogP contribution is -2.54. The minimum atomic E-state index is -4.35. The predicted molar refractivity (Wildman–Crippen MR) is 224 cm³/mol. The Morgan fingerprint density at radius 1 is 0.930 bits per heavy atom. The summed E-state index contributed by atoms with van der Waals surface area (Å²) in [4.78, 5) is 8.62. The van der Waals surface area contributed by atoms with E-state index in [0.717, 1.165) is 98.9 Å². The molecule has 0 spiro atoms. The molecule has 6 aliphatic rings. The fourth-order valence-corrected chi connectivity index (χ4v) is 12.3. The van der Waals surface area contributed by atoms with Gasteiger partial charge in [0, 0.05) is 60.0 Å². The van der Waals surface area contributed by atoms with E-state index >= 15 is 0 Å². The second-order valence-corrected chi connectivity index (χ2v) is 18.1. The summed E-state index contributed by atoms with van der Waals surface area (Å²) in [6.45, 7) is 11.0. The summed E-state index contributed by atoms with van der Waals surface area (Å²) < 4.78 is 45.4. The van der Waals surface area contributed by atoms with Crippen LogP contribution in [0.25, 0.3) is 6.08 Å². The van der Waals surface area contributed by atoms with E-state index in [1.807, 2.05) is 35.4 Å². The Balaban J connectivity index is 0.000000189. The fourth-order valence-electron chi connectivity index (χ4n) is 11.2. The van der Waals surface area contributed by atoms with Crippen molar-refractivity contribution >= 4 is 54.0 Å². The number of aromatic nitrogens is 1. The van der Waals surface area contributed by atoms with Crippen LogP contribution in [0.3, 0.4) is 0 Å². The van der Waals surface area contributed by atoms with E-state index in [9.17, 15) is 18.3 Å². The number of piperazine rings is 1. The summed E-state index contributed by atoms with van der Waals surface area (Å²) in [5, 5.41) is 24.2. The molecule has 57 heavy (non-hydrogen) atoms. The van der Waals surface area contributed by atoms with E-state index in [1.54, 1.807) is 11.6 Å². The molecule has 1 aromatic heterocycles. The molecule has 4 fully saturated rings. The second kappa shape index (κ2) is 17.1. The number of para-hydroxylation sites is 1. The molecule has 0 bridgehead atoms. The number of terminal acetylenes is 1. The topological polar surface area (TPSA) is 76.2 Å². The number of fused-ring (bicyclic) bond motifs is 8. The smallest absolute Gasteiger partial charge is 0.395 e. The van der Waals surface area contributed by atoms with Gasteiger partial charge >= 0.3 is 6.18 Å². The van der Waals surface area contributed by atoms with E-state index in [-0.39, 0.29) is 42.3 Å². The van der Waals surface area contributed by atoms with E-state index in [4.69, 9.17) is 16.1 Å². The van der Waals surface area contributed by atoms with Crippen molar-refractivity contribution in [2.75, 3.05) is 57.3 Å². The van der Waals surface area contributed by atoms with Crippen LogP contribution in [0.4, 0.5) is 24.5 Å². The normalized spacial score (nSPS) is 30.2. The number of benzene rings is 2. The number of halogens is 5. The summed E-state index contributed by atoms with van der Waals surface area (Å²) in [5.74, 6) is 5.64. The third-order valence-electron chi connectivity index (χ3n) is 14.4. The number of aliphatic hydroxyl groups excluding tert-OH is 1. The number of anilines is 2. The van der Waals surface area contributed by atoms with Crippen LogP contribution in [0.5, 0.6) is 0 Å². The Labute approximate surface area is 351 Å². The molecule has 3 heterocycles. The zero-order valence-electron chi connectivity index (χ0n) is 32.8. The van der Waals surface area contributed by atoms with Crippen LogP contribution < -0.4 is 4.90 Å². The largest absolute Gasteiger partial charge is 0.416 e. The third kappa shape index (κ3) is 8.02. The van der Waals surface area contributed by atoms with Gasteiger partial charge < -0.3 is 24.5 Å². The minimum absolute atomic E-state index is 0. The van der Waals surface area contributed by atoms with Crippen molar-refractivity contribution in [3.63, 3.8) is 0 Å². The number of hydrogen-bond acceptors (Lipinski definition) is 8. The highest BCUT2D eigenvalue weighted by Gasteiger charge is 2.63. The van der Waals surface area contributed by atoms with Crippen molar-refractivity contribution in [1.82, 2.24) is 15.0 Å². The van der Waals surface area contributed by atoms with Crippen LogP contribution in [0.15, 0.2) is 68.5 Å². The lowest BCUT2D eigenvalue weighted by atomic mass is 9.46. The van der Waals surface area contributed by atoms with Gasteiger partial charge in [-0.2, -0.15) is 13.2 Å². The Bertz CT molecular complexity index is 1960. The average molecular weight is 848 g/mol. The average Bonchev–Trinajstić information content (AvgIpc) is 3.74. The summed E-state index contributed by atoms with van der Waals surface area (Å²) >= 11 is 1.53. The maximum absolute atomic E-state index is 13.3. The first kappa shape index (κ1) is 43.9. The first-order valence-corrected chi connectivity index (χ1v) is 20.8. The van der Waals surface area contributed by atoms with Crippen LogP contribution in [0, 0.1) is 40.9 Å². The van der Waals surface area contributed by atoms with Crippen LogP contribution in [0.2, 0.25) is 0 Å². The molecule has 13 heteroatoms. The molecule has 9 rings (SSSR count). The fraction of sp³-hybridized carbons (Fsp3) is 0.568. The van der Waals surface area contributed by atoms with Crippen molar-refractivity contribution in [1.29, 1.82) is 0 Å². The molecule has 0 radical (unpaired) electrons. The number of aliphatic hydroxyl groups is 2. The van der Waals surface area contributed by atoms with Crippen LogP contribution in [0.1, 0.15) is 75.7 Å². The molecule has 1 saturated heterocycles. The zero-order chi connectivity index (χ0) is 38.6. The van der Waals surface area contributed by atoms with E-state index < -0.39 is 17.3 Å². The van der Waals surface area contributed by atoms with Crippen molar-refractivity contribution in [3.8, 4) is 12.3 Å². The predicted octanol–water partition coefficient (Wildman–Crippen LogP) is 9.37. The van der Waals surface area contributed by atoms with Crippen molar-refractivity contribution in [2.45, 2.75) is 86.8 Å². The Morgan fingerprint density at radius 2 is 1.63 bits per heavy atom. The van der Waals surface area contributed by atoms with Crippen LogP contribution in [-0.2, 0) is 12.6 Å². The highest BCUT2D eigenvalue weighted by molar-refractivity contribution is 7.99. The summed E-state index contributed by atoms with van der Waals surface area (Å²) in [7, 11) is 0. The maximum Gasteiger partial charge on any atom is 0.416 e. The van der Waals surface area contributed by atoms with Gasteiger partial charge in [-0.05, 0) is 117 Å². The van der Waals surface area contributed by atoms with Gasteiger partial charge in [0.1, 0.15) is 5.60 Å². The van der Waals surface area contributed by atoms with Gasteiger partial charge in [-0.25, -0.2) is 0 Å². The standard InChI is InChI=1S/C22H26F3N3OS.C22H27NO2.2ClH/c23-22(24,25)17-6-7-21-19(16-17)28(18-4-1-2-5-20(18)30-21)9-3-8-26-10-12-27(13-11-26)14-15-29;1-4-22(24)10-8-18-16-6-5-15-11-19-14(13-23-25-19)12-20(15,2)17(16)7-9-21(18,22)3;;/h1-2,4-7,16,29H,3,8-15H2;1,11,13,16-18,24H,5-10,12H2,2-3H3;2*1H. The molecule has 3 saturated carbocycles. The molecule has 4 aliphatic carbocycles. The maximum atomic E-state index is 13.3. The minimum Gasteiger partial charge on any atom is -0.395 e. The lowest BCUT2D eigenvalue weighted by molar-refractivity contribution is -0.137.